The summed E-state index contributed by atoms with van der Waals surface area (Å²) in [4.78, 5) is 14.7. The maximum Gasteiger partial charge on any atom is 0.260 e. The second kappa shape index (κ2) is 10.1. The Labute approximate surface area is 151 Å². The van der Waals surface area contributed by atoms with Crippen LogP contribution in [-0.4, -0.2) is 50.2 Å². The molecule has 25 heavy (non-hydrogen) atoms. The van der Waals surface area contributed by atoms with E-state index in [1.54, 1.807) is 7.11 Å². The van der Waals surface area contributed by atoms with Crippen molar-refractivity contribution >= 4 is 12.0 Å². The van der Waals surface area contributed by atoms with Gasteiger partial charge in [0.05, 0.1) is 7.11 Å². The van der Waals surface area contributed by atoms with Gasteiger partial charge in [0.15, 0.2) is 18.1 Å². The monoisotopic (exact) mass is 346 g/mol. The molecule has 0 atom stereocenters. The molecule has 0 aliphatic carbocycles. The van der Waals surface area contributed by atoms with E-state index in [2.05, 4.69) is 12.2 Å². The molecule has 1 amide bonds. The van der Waals surface area contributed by atoms with Crippen LogP contribution in [0.1, 0.15) is 38.7 Å². The van der Waals surface area contributed by atoms with Gasteiger partial charge in [-0.15, -0.1) is 0 Å². The fourth-order valence-corrected chi connectivity index (χ4v) is 3.19. The number of nitrogens with zero attached hydrogens (tertiary/aromatic N) is 1. The van der Waals surface area contributed by atoms with E-state index in [4.69, 9.17) is 9.47 Å². The van der Waals surface area contributed by atoms with Crippen LogP contribution in [0.3, 0.4) is 0 Å². The van der Waals surface area contributed by atoms with E-state index >= 15 is 0 Å². The number of hydrogen-bond acceptors (Lipinski definition) is 4. The Morgan fingerprint density at radius 1 is 1.32 bits per heavy atom. The van der Waals surface area contributed by atoms with Crippen LogP contribution in [0.25, 0.3) is 6.08 Å². The number of carbonyl (C=O) groups excluding carboxylic acids is 1. The van der Waals surface area contributed by atoms with Crippen molar-refractivity contribution in [3.63, 3.8) is 0 Å². The molecular formula is C20H30N2O3. The Hall–Kier alpha value is -2.01. The molecule has 1 heterocycles. The molecule has 1 aromatic carbocycles. The van der Waals surface area contributed by atoms with Crippen molar-refractivity contribution in [2.75, 3.05) is 33.4 Å². The van der Waals surface area contributed by atoms with Gasteiger partial charge in [0, 0.05) is 12.6 Å². The molecule has 0 unspecified atom stereocenters. The van der Waals surface area contributed by atoms with Crippen LogP contribution in [0.2, 0.25) is 0 Å². The fraction of sp³-hybridized carbons (Fsp3) is 0.550. The van der Waals surface area contributed by atoms with Gasteiger partial charge in [-0.1, -0.05) is 25.1 Å². The van der Waals surface area contributed by atoms with Crippen LogP contribution in [0.5, 0.6) is 11.5 Å². The Morgan fingerprint density at radius 3 is 2.72 bits per heavy atom. The van der Waals surface area contributed by atoms with Crippen LogP contribution in [0.15, 0.2) is 24.3 Å². The largest absolute Gasteiger partial charge is 0.493 e. The van der Waals surface area contributed by atoms with Gasteiger partial charge in [-0.25, -0.2) is 0 Å². The molecule has 2 rings (SSSR count). The van der Waals surface area contributed by atoms with Gasteiger partial charge in [-0.2, -0.15) is 0 Å². The summed E-state index contributed by atoms with van der Waals surface area (Å²) in [5, 5.41) is 3.35. The van der Waals surface area contributed by atoms with Gasteiger partial charge >= 0.3 is 0 Å². The Morgan fingerprint density at radius 2 is 2.08 bits per heavy atom. The van der Waals surface area contributed by atoms with E-state index in [0.717, 1.165) is 44.5 Å². The minimum atomic E-state index is 0.0449. The summed E-state index contributed by atoms with van der Waals surface area (Å²) in [7, 11) is 1.61. The van der Waals surface area contributed by atoms with Crippen LogP contribution in [0.4, 0.5) is 0 Å². The average Bonchev–Trinajstić information content (AvgIpc) is 2.65. The molecule has 0 saturated carbocycles. The highest BCUT2D eigenvalue weighted by molar-refractivity contribution is 5.78. The second-order valence-corrected chi connectivity index (χ2v) is 6.27. The van der Waals surface area contributed by atoms with Gasteiger partial charge in [0.1, 0.15) is 0 Å². The molecule has 5 heteroatoms. The molecule has 1 aromatic rings. The van der Waals surface area contributed by atoms with Gasteiger partial charge in [0.2, 0.25) is 0 Å². The summed E-state index contributed by atoms with van der Waals surface area (Å²) in [5.74, 6) is 1.30. The quantitative estimate of drug-likeness (QED) is 0.786. The molecule has 1 N–H and O–H groups in total. The van der Waals surface area contributed by atoms with E-state index in [0.29, 0.717) is 17.5 Å². The lowest BCUT2D eigenvalue weighted by molar-refractivity contribution is -0.136. The number of methoxy groups -OCH3 is 1. The molecule has 0 bridgehead atoms. The third-order valence-electron chi connectivity index (χ3n) is 4.43. The number of hydrogen-bond donors (Lipinski definition) is 1. The van der Waals surface area contributed by atoms with Gasteiger partial charge in [-0.3, -0.25) is 4.79 Å². The van der Waals surface area contributed by atoms with E-state index in [-0.39, 0.29) is 12.5 Å². The summed E-state index contributed by atoms with van der Waals surface area (Å²) in [5.41, 5.74) is 1.04. The smallest absolute Gasteiger partial charge is 0.260 e. The molecular weight excluding hydrogens is 316 g/mol. The highest BCUT2D eigenvalue weighted by atomic mass is 16.5. The van der Waals surface area contributed by atoms with Gasteiger partial charge in [-0.05, 0) is 57.0 Å². The van der Waals surface area contributed by atoms with Crippen molar-refractivity contribution in [2.45, 2.75) is 39.2 Å². The average molecular weight is 346 g/mol. The first-order valence-corrected chi connectivity index (χ1v) is 9.13. The summed E-state index contributed by atoms with van der Waals surface area (Å²) in [6, 6.07) is 6.04. The predicted molar refractivity (Wildman–Crippen MR) is 101 cm³/mol. The lowest BCUT2D eigenvalue weighted by Crippen LogP contribution is -2.48. The van der Waals surface area contributed by atoms with Crippen molar-refractivity contribution in [3.8, 4) is 11.5 Å². The van der Waals surface area contributed by atoms with Crippen LogP contribution in [-0.2, 0) is 4.79 Å². The maximum absolute atomic E-state index is 12.7. The summed E-state index contributed by atoms with van der Waals surface area (Å²) in [6.45, 7) is 6.84. The Bertz CT molecular complexity index is 580. The topological polar surface area (TPSA) is 50.8 Å². The Kier molecular flexibility index (Phi) is 7.79. The van der Waals surface area contributed by atoms with Crippen LogP contribution < -0.4 is 14.8 Å². The number of rotatable bonds is 8. The third-order valence-corrected chi connectivity index (χ3v) is 4.43. The zero-order chi connectivity index (χ0) is 18.1. The molecule has 0 radical (unpaired) electrons. The van der Waals surface area contributed by atoms with E-state index < -0.39 is 0 Å². The number of piperidine rings is 1. The highest BCUT2D eigenvalue weighted by Gasteiger charge is 2.25. The number of allylic oxidation sites excluding steroid dienone is 1. The zero-order valence-corrected chi connectivity index (χ0v) is 15.6. The van der Waals surface area contributed by atoms with Crippen molar-refractivity contribution < 1.29 is 14.3 Å². The Balaban J connectivity index is 2.01. The minimum absolute atomic E-state index is 0.0449. The number of nitrogens with one attached hydrogen (secondary N) is 1. The molecule has 1 aliphatic rings. The number of benzene rings is 1. The number of amides is 1. The van der Waals surface area contributed by atoms with Crippen molar-refractivity contribution in [1.82, 2.24) is 10.2 Å². The van der Waals surface area contributed by atoms with Crippen LogP contribution in [0, 0.1) is 0 Å². The SMILES string of the molecule is C/C=C/c1ccc(OCC(=O)N(CCC)C2CCNCC2)c(OC)c1. The molecule has 0 spiro atoms. The lowest BCUT2D eigenvalue weighted by Gasteiger charge is -2.34. The summed E-state index contributed by atoms with van der Waals surface area (Å²) >= 11 is 0. The second-order valence-electron chi connectivity index (χ2n) is 6.27. The van der Waals surface area contributed by atoms with E-state index in [1.807, 2.05) is 42.2 Å². The molecule has 0 aromatic heterocycles. The minimum Gasteiger partial charge on any atom is -0.493 e. The van der Waals surface area contributed by atoms with Crippen LogP contribution >= 0.6 is 0 Å². The standard InChI is InChI=1S/C20H30N2O3/c1-4-6-16-7-8-18(19(14-16)24-3)25-15-20(23)22(13-5-2)17-9-11-21-12-10-17/h4,6-8,14,17,21H,5,9-13,15H2,1-3H3/b6-4+. The third kappa shape index (κ3) is 5.49. The van der Waals surface area contributed by atoms with E-state index in [9.17, 15) is 4.79 Å². The molecule has 1 fully saturated rings. The van der Waals surface area contributed by atoms with Crippen molar-refractivity contribution in [2.24, 2.45) is 0 Å². The first kappa shape index (κ1) is 19.3. The van der Waals surface area contributed by atoms with Crippen molar-refractivity contribution in [1.29, 1.82) is 0 Å². The fourth-order valence-electron chi connectivity index (χ4n) is 3.19. The zero-order valence-electron chi connectivity index (χ0n) is 15.6. The molecule has 1 saturated heterocycles. The van der Waals surface area contributed by atoms with E-state index in [1.165, 1.54) is 0 Å². The first-order valence-electron chi connectivity index (χ1n) is 9.13. The number of carbonyl (C=O) groups is 1. The normalized spacial score (nSPS) is 15.3. The van der Waals surface area contributed by atoms with Crippen molar-refractivity contribution in [3.05, 3.63) is 29.8 Å². The maximum atomic E-state index is 12.7. The predicted octanol–water partition coefficient (Wildman–Crippen LogP) is 3.10. The van der Waals surface area contributed by atoms with Gasteiger partial charge in [0.25, 0.3) is 5.91 Å². The summed E-state index contributed by atoms with van der Waals surface area (Å²) < 4.78 is 11.2. The first-order chi connectivity index (χ1) is 12.2. The lowest BCUT2D eigenvalue weighted by atomic mass is 10.0. The highest BCUT2D eigenvalue weighted by Crippen LogP contribution is 2.28. The van der Waals surface area contributed by atoms with Gasteiger partial charge < -0.3 is 19.7 Å². The molecule has 1 aliphatic heterocycles. The molecule has 5 nitrogen and oxygen atoms in total. The summed E-state index contributed by atoms with van der Waals surface area (Å²) in [6.07, 6.45) is 6.94. The number of ether oxygens (including phenoxy) is 2. The molecule has 138 valence electrons.